The number of hydrogen-bond acceptors (Lipinski definition) is 2. The second-order valence-electron chi connectivity index (χ2n) is 6.07. The van der Waals surface area contributed by atoms with Gasteiger partial charge in [0.1, 0.15) is 0 Å². The Kier molecular flexibility index (Phi) is 3.67. The Balaban J connectivity index is 1.43. The SMILES string of the molecule is NC(CCc1ccccc1)CN1CC2CCC1C2. The minimum atomic E-state index is 0.338. The van der Waals surface area contributed by atoms with Crippen LogP contribution in [0.15, 0.2) is 30.3 Å². The number of aryl methyl sites for hydroxylation is 1. The number of likely N-dealkylation sites (tertiary alicyclic amines) is 1. The Morgan fingerprint density at radius 2 is 2.06 bits per heavy atom. The molecule has 1 saturated heterocycles. The molecule has 1 aliphatic carbocycles. The van der Waals surface area contributed by atoms with E-state index in [9.17, 15) is 0 Å². The molecular formula is C16H24N2. The van der Waals surface area contributed by atoms with Crippen LogP contribution in [0, 0.1) is 5.92 Å². The summed E-state index contributed by atoms with van der Waals surface area (Å²) in [6, 6.07) is 11.9. The van der Waals surface area contributed by atoms with Gasteiger partial charge in [0, 0.05) is 25.2 Å². The molecule has 0 aromatic heterocycles. The van der Waals surface area contributed by atoms with Crippen LogP contribution >= 0.6 is 0 Å². The quantitative estimate of drug-likeness (QED) is 0.862. The Morgan fingerprint density at radius 3 is 2.72 bits per heavy atom. The maximum Gasteiger partial charge on any atom is 0.0171 e. The van der Waals surface area contributed by atoms with Crippen molar-refractivity contribution in [1.29, 1.82) is 0 Å². The minimum absolute atomic E-state index is 0.338. The van der Waals surface area contributed by atoms with E-state index in [1.807, 2.05) is 0 Å². The predicted molar refractivity (Wildman–Crippen MR) is 75.4 cm³/mol. The highest BCUT2D eigenvalue weighted by Crippen LogP contribution is 2.37. The van der Waals surface area contributed by atoms with Gasteiger partial charge in [-0.2, -0.15) is 0 Å². The molecule has 0 radical (unpaired) electrons. The summed E-state index contributed by atoms with van der Waals surface area (Å²) in [4.78, 5) is 2.64. The van der Waals surface area contributed by atoms with Gasteiger partial charge in [0.15, 0.2) is 0 Å². The number of benzene rings is 1. The molecule has 2 nitrogen and oxygen atoms in total. The van der Waals surface area contributed by atoms with Crippen molar-refractivity contribution in [3.63, 3.8) is 0 Å². The van der Waals surface area contributed by atoms with Gasteiger partial charge in [-0.15, -0.1) is 0 Å². The average molecular weight is 244 g/mol. The number of hydrogen-bond donors (Lipinski definition) is 1. The van der Waals surface area contributed by atoms with E-state index in [1.165, 1.54) is 31.4 Å². The molecule has 1 aliphatic heterocycles. The second-order valence-corrected chi connectivity index (χ2v) is 6.07. The lowest BCUT2D eigenvalue weighted by atomic mass is 10.0. The zero-order valence-electron chi connectivity index (χ0n) is 11.1. The first-order valence-corrected chi connectivity index (χ1v) is 7.35. The van der Waals surface area contributed by atoms with Crippen molar-refractivity contribution in [1.82, 2.24) is 4.90 Å². The lowest BCUT2D eigenvalue weighted by molar-refractivity contribution is 0.199. The fourth-order valence-corrected chi connectivity index (χ4v) is 3.64. The molecule has 18 heavy (non-hydrogen) atoms. The zero-order valence-corrected chi connectivity index (χ0v) is 11.1. The van der Waals surface area contributed by atoms with Crippen LogP contribution in [-0.4, -0.2) is 30.1 Å². The van der Waals surface area contributed by atoms with Crippen LogP contribution in [0.1, 0.15) is 31.2 Å². The molecule has 3 rings (SSSR count). The average Bonchev–Trinajstić information content (AvgIpc) is 3.00. The van der Waals surface area contributed by atoms with E-state index in [1.54, 1.807) is 0 Å². The third-order valence-corrected chi connectivity index (χ3v) is 4.64. The first kappa shape index (κ1) is 12.2. The Bertz CT molecular complexity index is 376. The molecule has 1 heterocycles. The summed E-state index contributed by atoms with van der Waals surface area (Å²) < 4.78 is 0. The highest BCUT2D eigenvalue weighted by atomic mass is 15.2. The van der Waals surface area contributed by atoms with Crippen LogP contribution in [0.3, 0.4) is 0 Å². The van der Waals surface area contributed by atoms with Crippen molar-refractivity contribution >= 4 is 0 Å². The van der Waals surface area contributed by atoms with Crippen molar-refractivity contribution in [3.8, 4) is 0 Å². The van der Waals surface area contributed by atoms with E-state index in [2.05, 4.69) is 35.2 Å². The van der Waals surface area contributed by atoms with Gasteiger partial charge < -0.3 is 5.73 Å². The third kappa shape index (κ3) is 2.76. The van der Waals surface area contributed by atoms with Crippen molar-refractivity contribution in [2.45, 2.75) is 44.2 Å². The molecule has 0 amide bonds. The Labute approximate surface area is 110 Å². The molecular weight excluding hydrogens is 220 g/mol. The molecule has 2 fully saturated rings. The van der Waals surface area contributed by atoms with Crippen molar-refractivity contribution < 1.29 is 0 Å². The van der Waals surface area contributed by atoms with Gasteiger partial charge in [-0.1, -0.05) is 30.3 Å². The maximum atomic E-state index is 6.29. The lowest BCUT2D eigenvalue weighted by Crippen LogP contribution is -2.41. The summed E-state index contributed by atoms with van der Waals surface area (Å²) in [5, 5.41) is 0. The maximum absolute atomic E-state index is 6.29. The summed E-state index contributed by atoms with van der Waals surface area (Å²) in [5.41, 5.74) is 7.70. The first-order chi connectivity index (χ1) is 8.81. The van der Waals surface area contributed by atoms with E-state index in [4.69, 9.17) is 5.73 Å². The van der Waals surface area contributed by atoms with E-state index in [0.717, 1.165) is 31.3 Å². The molecule has 3 atom stereocenters. The van der Waals surface area contributed by atoms with Crippen molar-refractivity contribution in [2.24, 2.45) is 11.7 Å². The highest BCUT2D eigenvalue weighted by Gasteiger charge is 2.37. The fourth-order valence-electron chi connectivity index (χ4n) is 3.64. The van der Waals surface area contributed by atoms with Crippen LogP contribution in [0.4, 0.5) is 0 Å². The number of rotatable bonds is 5. The summed E-state index contributed by atoms with van der Waals surface area (Å²) in [5.74, 6) is 0.983. The molecule has 2 aliphatic rings. The molecule has 1 aromatic carbocycles. The van der Waals surface area contributed by atoms with Crippen LogP contribution < -0.4 is 5.73 Å². The molecule has 2 N–H and O–H groups in total. The largest absolute Gasteiger partial charge is 0.327 e. The third-order valence-electron chi connectivity index (χ3n) is 4.64. The molecule has 1 aromatic rings. The smallest absolute Gasteiger partial charge is 0.0171 e. The van der Waals surface area contributed by atoms with Crippen LogP contribution in [0.2, 0.25) is 0 Å². The summed E-state index contributed by atoms with van der Waals surface area (Å²) >= 11 is 0. The van der Waals surface area contributed by atoms with Crippen molar-refractivity contribution in [2.75, 3.05) is 13.1 Å². The number of fused-ring (bicyclic) bond motifs is 2. The predicted octanol–water partition coefficient (Wildman–Crippen LogP) is 2.43. The topological polar surface area (TPSA) is 29.3 Å². The Hall–Kier alpha value is -0.860. The normalized spacial score (nSPS) is 28.7. The standard InChI is InChI=1S/C16H24N2/c17-15(8-6-13-4-2-1-3-5-13)12-18-11-14-7-9-16(18)10-14/h1-5,14-16H,6-12,17H2. The van der Waals surface area contributed by atoms with Gasteiger partial charge in [-0.05, 0) is 43.6 Å². The Morgan fingerprint density at radius 1 is 1.22 bits per heavy atom. The summed E-state index contributed by atoms with van der Waals surface area (Å²) in [6.45, 7) is 2.41. The van der Waals surface area contributed by atoms with Crippen molar-refractivity contribution in [3.05, 3.63) is 35.9 Å². The van der Waals surface area contributed by atoms with E-state index >= 15 is 0 Å². The van der Waals surface area contributed by atoms with Gasteiger partial charge in [0.25, 0.3) is 0 Å². The highest BCUT2D eigenvalue weighted by molar-refractivity contribution is 5.14. The van der Waals surface area contributed by atoms with Gasteiger partial charge in [0.05, 0.1) is 0 Å². The van der Waals surface area contributed by atoms with E-state index in [0.29, 0.717) is 6.04 Å². The summed E-state index contributed by atoms with van der Waals surface area (Å²) in [6.07, 6.45) is 6.53. The molecule has 98 valence electrons. The lowest BCUT2D eigenvalue weighted by Gasteiger charge is -2.29. The monoisotopic (exact) mass is 244 g/mol. The molecule has 2 bridgehead atoms. The van der Waals surface area contributed by atoms with Crippen LogP contribution in [0.25, 0.3) is 0 Å². The second kappa shape index (κ2) is 5.41. The van der Waals surface area contributed by atoms with Gasteiger partial charge in [-0.3, -0.25) is 4.90 Å². The van der Waals surface area contributed by atoms with E-state index < -0.39 is 0 Å². The number of nitrogens with zero attached hydrogens (tertiary/aromatic N) is 1. The fraction of sp³-hybridized carbons (Fsp3) is 0.625. The van der Waals surface area contributed by atoms with E-state index in [-0.39, 0.29) is 0 Å². The zero-order chi connectivity index (χ0) is 12.4. The first-order valence-electron chi connectivity index (χ1n) is 7.35. The molecule has 0 spiro atoms. The van der Waals surface area contributed by atoms with Gasteiger partial charge in [0.2, 0.25) is 0 Å². The summed E-state index contributed by atoms with van der Waals surface area (Å²) in [7, 11) is 0. The number of piperidine rings is 1. The van der Waals surface area contributed by atoms with Gasteiger partial charge >= 0.3 is 0 Å². The molecule has 1 saturated carbocycles. The van der Waals surface area contributed by atoms with Crippen LogP contribution in [-0.2, 0) is 6.42 Å². The van der Waals surface area contributed by atoms with Gasteiger partial charge in [-0.25, -0.2) is 0 Å². The molecule has 3 unspecified atom stereocenters. The number of nitrogens with two attached hydrogens (primary N) is 1. The minimum Gasteiger partial charge on any atom is -0.327 e. The van der Waals surface area contributed by atoms with Crippen LogP contribution in [0.5, 0.6) is 0 Å². The molecule has 2 heteroatoms.